The van der Waals surface area contributed by atoms with Gasteiger partial charge < -0.3 is 9.64 Å². The van der Waals surface area contributed by atoms with Crippen LogP contribution in [0.5, 0.6) is 0 Å². The first-order valence-corrected chi connectivity index (χ1v) is 10.9. The first kappa shape index (κ1) is 22.2. The van der Waals surface area contributed by atoms with E-state index in [2.05, 4.69) is 0 Å². The number of amides is 1. The van der Waals surface area contributed by atoms with Crippen molar-refractivity contribution in [2.24, 2.45) is 5.92 Å². The molecule has 0 unspecified atom stereocenters. The molecule has 0 bridgehead atoms. The molecule has 3 rings (SSSR count). The van der Waals surface area contributed by atoms with Crippen LogP contribution in [0, 0.1) is 11.7 Å². The number of carbonyl (C=O) groups is 3. The number of hydrogen-bond donors (Lipinski definition) is 0. The lowest BCUT2D eigenvalue weighted by atomic mass is 10.0. The van der Waals surface area contributed by atoms with Crippen LogP contribution < -0.4 is 0 Å². The maximum absolute atomic E-state index is 13.0. The molecule has 30 heavy (non-hydrogen) atoms. The highest BCUT2D eigenvalue weighted by Crippen LogP contribution is 2.28. The lowest BCUT2D eigenvalue weighted by molar-refractivity contribution is -0.145. The summed E-state index contributed by atoms with van der Waals surface area (Å²) in [5.41, 5.74) is 1.58. The van der Waals surface area contributed by atoms with Crippen LogP contribution in [0.2, 0.25) is 0 Å². The van der Waals surface area contributed by atoms with Gasteiger partial charge in [-0.2, -0.15) is 0 Å². The Morgan fingerprint density at radius 3 is 2.60 bits per heavy atom. The number of rotatable bonds is 10. The molecule has 1 amide bonds. The van der Waals surface area contributed by atoms with Gasteiger partial charge in [0.2, 0.25) is 5.91 Å². The normalized spacial score (nSPS) is 18.4. The van der Waals surface area contributed by atoms with Gasteiger partial charge in [-0.1, -0.05) is 43.9 Å². The van der Waals surface area contributed by atoms with Gasteiger partial charge in [-0.3, -0.25) is 14.4 Å². The maximum atomic E-state index is 13.0. The summed E-state index contributed by atoms with van der Waals surface area (Å²) in [6, 6.07) is 5.89. The Hall–Kier alpha value is -2.50. The molecule has 162 valence electrons. The van der Waals surface area contributed by atoms with E-state index in [1.807, 2.05) is 0 Å². The zero-order valence-corrected chi connectivity index (χ0v) is 17.4. The Morgan fingerprint density at radius 1 is 1.13 bits per heavy atom. The lowest BCUT2D eigenvalue weighted by Crippen LogP contribution is -2.28. The number of carbonyl (C=O) groups excluding carboxylic acids is 3. The average molecular weight is 416 g/mol. The zero-order chi connectivity index (χ0) is 21.3. The third kappa shape index (κ3) is 6.78. The van der Waals surface area contributed by atoms with Crippen LogP contribution in [0.4, 0.5) is 4.39 Å². The van der Waals surface area contributed by atoms with Crippen molar-refractivity contribution in [3.63, 3.8) is 0 Å². The highest BCUT2D eigenvalue weighted by Gasteiger charge is 2.25. The van der Waals surface area contributed by atoms with Gasteiger partial charge in [-0.05, 0) is 36.5 Å². The van der Waals surface area contributed by atoms with E-state index in [-0.39, 0.29) is 42.9 Å². The maximum Gasteiger partial charge on any atom is 0.305 e. The van der Waals surface area contributed by atoms with Crippen LogP contribution >= 0.6 is 0 Å². The molecular weight excluding hydrogens is 385 g/mol. The van der Waals surface area contributed by atoms with Crippen molar-refractivity contribution in [2.45, 2.75) is 64.2 Å². The number of esters is 1. The Balaban J connectivity index is 1.40. The smallest absolute Gasteiger partial charge is 0.305 e. The fraction of sp³-hybridized carbons (Fsp3) is 0.542. The van der Waals surface area contributed by atoms with E-state index in [1.54, 1.807) is 23.1 Å². The molecule has 1 aliphatic heterocycles. The first-order chi connectivity index (χ1) is 14.5. The number of ether oxygens (including phenoxy) is 1. The summed E-state index contributed by atoms with van der Waals surface area (Å²) in [6.07, 6.45) is 9.53. The van der Waals surface area contributed by atoms with Gasteiger partial charge in [0.05, 0.1) is 6.54 Å². The molecule has 2 fully saturated rings. The largest absolute Gasteiger partial charge is 0.464 e. The third-order valence-corrected chi connectivity index (χ3v) is 5.93. The van der Waals surface area contributed by atoms with Crippen LogP contribution in [0.3, 0.4) is 0 Å². The third-order valence-electron chi connectivity index (χ3n) is 5.93. The highest BCUT2D eigenvalue weighted by atomic mass is 19.1. The minimum atomic E-state index is -0.326. The molecule has 0 spiro atoms. The highest BCUT2D eigenvalue weighted by molar-refractivity contribution is 5.84. The lowest BCUT2D eigenvalue weighted by Gasteiger charge is -2.18. The van der Waals surface area contributed by atoms with Gasteiger partial charge in [0, 0.05) is 31.4 Å². The van der Waals surface area contributed by atoms with E-state index in [0.717, 1.165) is 17.7 Å². The van der Waals surface area contributed by atoms with Crippen molar-refractivity contribution in [3.05, 3.63) is 47.4 Å². The second-order valence-corrected chi connectivity index (χ2v) is 8.20. The molecule has 2 aliphatic rings. The van der Waals surface area contributed by atoms with Gasteiger partial charge in [-0.15, -0.1) is 0 Å². The number of nitrogens with zero attached hydrogens (tertiary/aromatic N) is 1. The molecule has 1 aromatic carbocycles. The van der Waals surface area contributed by atoms with Gasteiger partial charge in [0.25, 0.3) is 0 Å². The van der Waals surface area contributed by atoms with Crippen LogP contribution in [-0.2, 0) is 25.5 Å². The summed E-state index contributed by atoms with van der Waals surface area (Å²) < 4.78 is 18.3. The Labute approximate surface area is 177 Å². The SMILES string of the molecule is O=C(CC=C1CCC(=O)N1CCOC(=O)CCC1CCCC1)Cc1ccc(F)cc1. The Bertz CT molecular complexity index is 781. The number of ketones is 1. The van der Waals surface area contributed by atoms with E-state index in [4.69, 9.17) is 4.74 Å². The van der Waals surface area contributed by atoms with Crippen molar-refractivity contribution in [3.8, 4) is 0 Å². The number of Topliss-reactive ketones (excluding diaryl/α,β-unsaturated/α-hetero) is 1. The zero-order valence-electron chi connectivity index (χ0n) is 17.4. The second-order valence-electron chi connectivity index (χ2n) is 8.20. The van der Waals surface area contributed by atoms with Crippen LogP contribution in [0.1, 0.15) is 63.4 Å². The van der Waals surface area contributed by atoms with Crippen molar-refractivity contribution < 1.29 is 23.5 Å². The van der Waals surface area contributed by atoms with E-state index >= 15 is 0 Å². The molecule has 0 radical (unpaired) electrons. The topological polar surface area (TPSA) is 63.7 Å². The quantitative estimate of drug-likeness (QED) is 0.533. The van der Waals surface area contributed by atoms with Crippen molar-refractivity contribution >= 4 is 17.7 Å². The molecule has 1 aromatic rings. The molecule has 0 N–H and O–H groups in total. The van der Waals surface area contributed by atoms with Crippen molar-refractivity contribution in [1.82, 2.24) is 4.90 Å². The summed E-state index contributed by atoms with van der Waals surface area (Å²) >= 11 is 0. The van der Waals surface area contributed by atoms with Gasteiger partial charge in [0.1, 0.15) is 18.2 Å². The summed E-state index contributed by atoms with van der Waals surface area (Å²) in [7, 11) is 0. The van der Waals surface area contributed by atoms with E-state index in [0.29, 0.717) is 31.7 Å². The fourth-order valence-electron chi connectivity index (χ4n) is 4.22. The summed E-state index contributed by atoms with van der Waals surface area (Å²) in [6.45, 7) is 0.502. The number of halogens is 1. The Kier molecular flexibility index (Phi) is 8.17. The van der Waals surface area contributed by atoms with Crippen LogP contribution in [0.15, 0.2) is 36.0 Å². The molecule has 0 aromatic heterocycles. The fourth-order valence-corrected chi connectivity index (χ4v) is 4.22. The van der Waals surface area contributed by atoms with Crippen molar-refractivity contribution in [2.75, 3.05) is 13.2 Å². The van der Waals surface area contributed by atoms with E-state index in [9.17, 15) is 18.8 Å². The van der Waals surface area contributed by atoms with E-state index in [1.165, 1.54) is 37.8 Å². The van der Waals surface area contributed by atoms with Crippen LogP contribution in [-0.4, -0.2) is 35.7 Å². The Morgan fingerprint density at radius 2 is 1.87 bits per heavy atom. The molecule has 6 heteroatoms. The van der Waals surface area contributed by atoms with Gasteiger partial charge >= 0.3 is 5.97 Å². The molecule has 0 atom stereocenters. The summed E-state index contributed by atoms with van der Waals surface area (Å²) in [5, 5.41) is 0. The predicted octanol–water partition coefficient (Wildman–Crippen LogP) is 4.35. The molecule has 1 heterocycles. The number of hydrogen-bond acceptors (Lipinski definition) is 4. The number of benzene rings is 1. The molecular formula is C24H30FNO4. The monoisotopic (exact) mass is 415 g/mol. The van der Waals surface area contributed by atoms with E-state index < -0.39 is 0 Å². The van der Waals surface area contributed by atoms with Gasteiger partial charge in [-0.25, -0.2) is 4.39 Å². The average Bonchev–Trinajstić information content (AvgIpc) is 3.37. The standard InChI is InChI=1S/C24H30FNO4/c25-20-8-5-19(6-9-20)17-22(27)12-10-21-11-13-23(28)26(21)15-16-30-24(29)14-7-18-3-1-2-4-18/h5-6,8-10,18H,1-4,7,11-17H2. The molecule has 5 nitrogen and oxygen atoms in total. The van der Waals surface area contributed by atoms with Crippen LogP contribution in [0.25, 0.3) is 0 Å². The van der Waals surface area contributed by atoms with Crippen molar-refractivity contribution in [1.29, 1.82) is 0 Å². The number of likely N-dealkylation sites (tertiary alicyclic amines) is 1. The second kappa shape index (κ2) is 11.0. The van der Waals surface area contributed by atoms with Gasteiger partial charge in [0.15, 0.2) is 0 Å². The minimum absolute atomic E-state index is 0.00534. The summed E-state index contributed by atoms with van der Waals surface area (Å²) in [4.78, 5) is 37.9. The summed E-state index contributed by atoms with van der Waals surface area (Å²) in [5.74, 6) is 0.127. The predicted molar refractivity (Wildman–Crippen MR) is 111 cm³/mol. The molecule has 1 saturated heterocycles. The molecule has 1 saturated carbocycles. The first-order valence-electron chi connectivity index (χ1n) is 10.9. The molecule has 1 aliphatic carbocycles. The number of allylic oxidation sites excluding steroid dienone is 2. The minimum Gasteiger partial charge on any atom is -0.464 e.